The summed E-state index contributed by atoms with van der Waals surface area (Å²) in [6, 6.07) is 2.46. The summed E-state index contributed by atoms with van der Waals surface area (Å²) >= 11 is 1.85. The first-order valence-corrected chi connectivity index (χ1v) is 7.42. The average molecular weight is 253 g/mol. The van der Waals surface area contributed by atoms with Gasteiger partial charge in [-0.25, -0.2) is 0 Å². The molecular weight excluding hydrogens is 230 g/mol. The van der Waals surface area contributed by atoms with Crippen molar-refractivity contribution in [1.82, 2.24) is 0 Å². The minimum absolute atomic E-state index is 0.216. The van der Waals surface area contributed by atoms with Gasteiger partial charge in [0, 0.05) is 22.4 Å². The Hall–Kier alpha value is -0.380. The third-order valence-electron chi connectivity index (χ3n) is 3.62. The topological polar surface area (TPSA) is 35.2 Å². The molecule has 0 aromatic carbocycles. The van der Waals surface area contributed by atoms with E-state index in [0.29, 0.717) is 6.10 Å². The fourth-order valence-corrected chi connectivity index (χ4v) is 3.44. The highest BCUT2D eigenvalue weighted by Crippen LogP contribution is 2.28. The van der Waals surface area contributed by atoms with Gasteiger partial charge in [-0.05, 0) is 57.6 Å². The van der Waals surface area contributed by atoms with Crippen LogP contribution in [0.3, 0.4) is 0 Å². The maximum Gasteiger partial charge on any atom is 0.0576 e. The molecule has 2 nitrogen and oxygen atoms in total. The summed E-state index contributed by atoms with van der Waals surface area (Å²) in [5.41, 5.74) is 7.61. The second kappa shape index (κ2) is 5.98. The molecule has 0 bridgehead atoms. The molecule has 96 valence electrons. The lowest BCUT2D eigenvalue weighted by atomic mass is 10.0. The Kier molecular flexibility index (Phi) is 4.60. The summed E-state index contributed by atoms with van der Waals surface area (Å²) in [7, 11) is 0. The molecule has 0 saturated carbocycles. The second-order valence-corrected chi connectivity index (χ2v) is 6.35. The molecule has 2 heterocycles. The van der Waals surface area contributed by atoms with Crippen molar-refractivity contribution in [2.75, 3.05) is 6.61 Å². The molecule has 1 aromatic heterocycles. The molecule has 1 aromatic rings. The van der Waals surface area contributed by atoms with Gasteiger partial charge in [0.15, 0.2) is 0 Å². The molecule has 2 N–H and O–H groups in total. The third kappa shape index (κ3) is 3.54. The Bertz CT molecular complexity index is 336. The zero-order valence-electron chi connectivity index (χ0n) is 10.9. The quantitative estimate of drug-likeness (QED) is 0.868. The van der Waals surface area contributed by atoms with Gasteiger partial charge in [-0.15, -0.1) is 11.3 Å². The van der Waals surface area contributed by atoms with Gasteiger partial charge in [-0.3, -0.25) is 0 Å². The van der Waals surface area contributed by atoms with E-state index in [-0.39, 0.29) is 6.04 Å². The van der Waals surface area contributed by atoms with E-state index >= 15 is 0 Å². The van der Waals surface area contributed by atoms with Crippen molar-refractivity contribution >= 4 is 11.3 Å². The van der Waals surface area contributed by atoms with Crippen LogP contribution in [0.25, 0.3) is 0 Å². The number of ether oxygens (including phenoxy) is 1. The summed E-state index contributed by atoms with van der Waals surface area (Å²) in [5, 5.41) is 0. The smallest absolute Gasteiger partial charge is 0.0576 e. The number of aryl methyl sites for hydroxylation is 2. The molecule has 17 heavy (non-hydrogen) atoms. The molecule has 2 atom stereocenters. The van der Waals surface area contributed by atoms with E-state index in [1.807, 2.05) is 11.3 Å². The monoisotopic (exact) mass is 253 g/mol. The van der Waals surface area contributed by atoms with E-state index < -0.39 is 0 Å². The van der Waals surface area contributed by atoms with Gasteiger partial charge >= 0.3 is 0 Å². The van der Waals surface area contributed by atoms with E-state index in [1.54, 1.807) is 0 Å². The largest absolute Gasteiger partial charge is 0.378 e. The molecule has 1 fully saturated rings. The molecule has 0 spiro atoms. The first-order valence-electron chi connectivity index (χ1n) is 6.61. The Morgan fingerprint density at radius 2 is 2.35 bits per heavy atom. The van der Waals surface area contributed by atoms with Gasteiger partial charge in [0.2, 0.25) is 0 Å². The van der Waals surface area contributed by atoms with Crippen molar-refractivity contribution in [1.29, 1.82) is 0 Å². The Labute approximate surface area is 108 Å². The van der Waals surface area contributed by atoms with Gasteiger partial charge in [0.05, 0.1) is 6.10 Å². The van der Waals surface area contributed by atoms with E-state index in [0.717, 1.165) is 13.0 Å². The van der Waals surface area contributed by atoms with Crippen LogP contribution in [0.4, 0.5) is 0 Å². The summed E-state index contributed by atoms with van der Waals surface area (Å²) in [6.45, 7) is 5.29. The van der Waals surface area contributed by atoms with Crippen LogP contribution >= 0.6 is 11.3 Å². The lowest BCUT2D eigenvalue weighted by molar-refractivity contribution is 0.101. The number of rotatable bonds is 5. The summed E-state index contributed by atoms with van der Waals surface area (Å²) in [6.07, 6.45) is 6.43. The molecule has 2 rings (SSSR count). The first kappa shape index (κ1) is 13.1. The lowest BCUT2D eigenvalue weighted by Gasteiger charge is -2.12. The van der Waals surface area contributed by atoms with Gasteiger partial charge in [-0.1, -0.05) is 0 Å². The molecule has 1 aliphatic heterocycles. The predicted octanol–water partition coefficient (Wildman–Crippen LogP) is 3.71. The van der Waals surface area contributed by atoms with Gasteiger partial charge in [0.1, 0.15) is 0 Å². The van der Waals surface area contributed by atoms with Crippen LogP contribution in [-0.2, 0) is 4.74 Å². The number of hydrogen-bond donors (Lipinski definition) is 1. The van der Waals surface area contributed by atoms with E-state index in [4.69, 9.17) is 10.5 Å². The molecule has 3 heteroatoms. The SMILES string of the molecule is Cc1cc(C(N)CCCC2CCCO2)sc1C. The van der Waals surface area contributed by atoms with Crippen LogP contribution in [0.1, 0.15) is 53.5 Å². The van der Waals surface area contributed by atoms with Crippen molar-refractivity contribution in [2.45, 2.75) is 58.1 Å². The summed E-state index contributed by atoms with van der Waals surface area (Å²) in [5.74, 6) is 0. The minimum Gasteiger partial charge on any atom is -0.378 e. The number of thiophene rings is 1. The zero-order chi connectivity index (χ0) is 12.3. The zero-order valence-corrected chi connectivity index (χ0v) is 11.7. The fourth-order valence-electron chi connectivity index (χ4n) is 2.36. The molecular formula is C14H23NOS. The minimum atomic E-state index is 0.216. The Balaban J connectivity index is 1.74. The van der Waals surface area contributed by atoms with Gasteiger partial charge in [0.25, 0.3) is 0 Å². The Morgan fingerprint density at radius 3 is 2.94 bits per heavy atom. The first-order chi connectivity index (χ1) is 8.16. The van der Waals surface area contributed by atoms with Crippen molar-refractivity contribution in [3.8, 4) is 0 Å². The summed E-state index contributed by atoms with van der Waals surface area (Å²) < 4.78 is 5.63. The van der Waals surface area contributed by atoms with Crippen molar-refractivity contribution in [2.24, 2.45) is 5.73 Å². The molecule has 0 aliphatic carbocycles. The molecule has 2 unspecified atom stereocenters. The van der Waals surface area contributed by atoms with E-state index in [9.17, 15) is 0 Å². The Morgan fingerprint density at radius 1 is 1.53 bits per heavy atom. The van der Waals surface area contributed by atoms with Crippen LogP contribution in [0, 0.1) is 13.8 Å². The fraction of sp³-hybridized carbons (Fsp3) is 0.714. The van der Waals surface area contributed by atoms with E-state index in [1.165, 1.54) is 41.0 Å². The number of nitrogens with two attached hydrogens (primary N) is 1. The summed E-state index contributed by atoms with van der Waals surface area (Å²) in [4.78, 5) is 2.74. The highest BCUT2D eigenvalue weighted by atomic mass is 32.1. The second-order valence-electron chi connectivity index (χ2n) is 5.06. The molecule has 1 aliphatic rings. The highest BCUT2D eigenvalue weighted by molar-refractivity contribution is 7.12. The number of hydrogen-bond acceptors (Lipinski definition) is 3. The maximum atomic E-state index is 6.23. The van der Waals surface area contributed by atoms with E-state index in [2.05, 4.69) is 19.9 Å². The standard InChI is InChI=1S/C14H23NOS/c1-10-9-14(17-11(10)2)13(15)7-3-5-12-6-4-8-16-12/h9,12-13H,3-8,15H2,1-2H3. The predicted molar refractivity (Wildman–Crippen MR) is 73.5 cm³/mol. The average Bonchev–Trinajstić information content (AvgIpc) is 2.90. The van der Waals surface area contributed by atoms with Gasteiger partial charge in [-0.2, -0.15) is 0 Å². The van der Waals surface area contributed by atoms with Crippen molar-refractivity contribution in [3.05, 3.63) is 21.4 Å². The molecule has 0 amide bonds. The normalized spacial score (nSPS) is 21.9. The van der Waals surface area contributed by atoms with Crippen LogP contribution in [0.15, 0.2) is 6.07 Å². The molecule has 0 radical (unpaired) electrons. The van der Waals surface area contributed by atoms with Crippen molar-refractivity contribution in [3.63, 3.8) is 0 Å². The van der Waals surface area contributed by atoms with Crippen LogP contribution < -0.4 is 5.73 Å². The van der Waals surface area contributed by atoms with Crippen LogP contribution in [-0.4, -0.2) is 12.7 Å². The maximum absolute atomic E-state index is 6.23. The lowest BCUT2D eigenvalue weighted by Crippen LogP contribution is -2.11. The third-order valence-corrected chi connectivity index (χ3v) is 4.90. The van der Waals surface area contributed by atoms with Crippen LogP contribution in [0.5, 0.6) is 0 Å². The van der Waals surface area contributed by atoms with Crippen molar-refractivity contribution < 1.29 is 4.74 Å². The van der Waals surface area contributed by atoms with Crippen LogP contribution in [0.2, 0.25) is 0 Å². The highest BCUT2D eigenvalue weighted by Gasteiger charge is 2.16. The molecule has 1 saturated heterocycles. The van der Waals surface area contributed by atoms with Gasteiger partial charge < -0.3 is 10.5 Å².